The van der Waals surface area contributed by atoms with Crippen molar-refractivity contribution >= 4 is 8.80 Å². The minimum Gasteiger partial charge on any atom is -0.377 e. The summed E-state index contributed by atoms with van der Waals surface area (Å²) in [6.45, 7) is -3.47. The first-order chi connectivity index (χ1) is 11.4. The van der Waals surface area contributed by atoms with E-state index in [9.17, 15) is 48.3 Å². The molecule has 0 aliphatic carbocycles. The highest BCUT2D eigenvalue weighted by Crippen LogP contribution is 2.58. The van der Waals surface area contributed by atoms with Crippen LogP contribution in [0, 0.1) is 0 Å². The van der Waals surface area contributed by atoms with E-state index in [4.69, 9.17) is 0 Å². The number of rotatable bonds is 11. The number of hydrogen-bond donors (Lipinski definition) is 0. The zero-order valence-corrected chi connectivity index (χ0v) is 14.5. The molecule has 0 heterocycles. The smallest absolute Gasteiger partial charge is 0.377 e. The number of alkyl halides is 11. The lowest BCUT2D eigenvalue weighted by Gasteiger charge is -2.39. The maximum absolute atomic E-state index is 13.6. The van der Waals surface area contributed by atoms with Crippen LogP contribution in [-0.4, -0.2) is 66.4 Å². The third-order valence-corrected chi connectivity index (χ3v) is 6.28. The summed E-state index contributed by atoms with van der Waals surface area (Å²) in [7, 11) is -1.42. The van der Waals surface area contributed by atoms with E-state index >= 15 is 0 Å². The van der Waals surface area contributed by atoms with Gasteiger partial charge < -0.3 is 13.3 Å². The molecule has 158 valence electrons. The lowest BCUT2D eigenvalue weighted by atomic mass is 9.93. The van der Waals surface area contributed by atoms with Crippen molar-refractivity contribution in [3.05, 3.63) is 0 Å². The maximum atomic E-state index is 13.6. The summed E-state index contributed by atoms with van der Waals surface area (Å²) in [5.74, 6) is -33.6. The Balaban J connectivity index is 5.82. The van der Waals surface area contributed by atoms with E-state index in [-0.39, 0.29) is 0 Å². The summed E-state index contributed by atoms with van der Waals surface area (Å²) in [6.07, 6.45) is -2.23. The van der Waals surface area contributed by atoms with Crippen molar-refractivity contribution in [2.75, 3.05) is 28.0 Å². The second kappa shape index (κ2) is 7.75. The van der Waals surface area contributed by atoms with Crippen LogP contribution in [0.15, 0.2) is 0 Å². The first-order valence-corrected chi connectivity index (χ1v) is 8.49. The molecule has 26 heavy (non-hydrogen) atoms. The van der Waals surface area contributed by atoms with Gasteiger partial charge in [0.25, 0.3) is 0 Å². The van der Waals surface area contributed by atoms with E-state index < -0.39 is 57.6 Å². The molecule has 0 amide bonds. The van der Waals surface area contributed by atoms with Gasteiger partial charge in [-0.25, -0.2) is 4.39 Å². The van der Waals surface area contributed by atoms with Gasteiger partial charge in [0.15, 0.2) is 6.67 Å². The predicted octanol–water partition coefficient (Wildman–Crippen LogP) is 4.40. The normalized spacial score (nSPS) is 15.5. The minimum atomic E-state index is -7.28. The number of hydrogen-bond acceptors (Lipinski definition) is 3. The summed E-state index contributed by atoms with van der Waals surface area (Å²) in [5.41, 5.74) is 0. The highest BCUT2D eigenvalue weighted by atomic mass is 28.4. The standard InChI is InChI=1S/C11H15F11O3Si/c1-23-26(24-2,25-3)5-4-7(13,14)9(17,18)11(21,22)10(19,20)8(15,16)6-12/h4-6H2,1-3H3. The Labute approximate surface area is 141 Å². The topological polar surface area (TPSA) is 27.7 Å². The molecule has 0 aromatic heterocycles. The third-order valence-electron chi connectivity index (χ3n) is 3.55. The van der Waals surface area contributed by atoms with Crippen molar-refractivity contribution < 1.29 is 61.6 Å². The molecule has 0 aliphatic rings. The lowest BCUT2D eigenvalue weighted by Crippen LogP contribution is -2.67. The summed E-state index contributed by atoms with van der Waals surface area (Å²) >= 11 is 0. The molecular weight excluding hydrogens is 417 g/mol. The van der Waals surface area contributed by atoms with Crippen LogP contribution in [0.5, 0.6) is 0 Å². The maximum Gasteiger partial charge on any atom is 0.500 e. The molecule has 3 nitrogen and oxygen atoms in total. The van der Waals surface area contributed by atoms with Crippen molar-refractivity contribution in [3.8, 4) is 0 Å². The summed E-state index contributed by atoms with van der Waals surface area (Å²) in [4.78, 5) is 0. The SMILES string of the molecule is CO[Si](CCC(F)(F)C(F)(F)C(F)(F)C(F)(F)C(F)(F)CF)(OC)OC. The van der Waals surface area contributed by atoms with Crippen LogP contribution >= 0.6 is 0 Å². The third kappa shape index (κ3) is 3.94. The highest BCUT2D eigenvalue weighted by Gasteiger charge is 2.86. The lowest BCUT2D eigenvalue weighted by molar-refractivity contribution is -0.402. The summed E-state index contributed by atoms with van der Waals surface area (Å²) < 4.78 is 158. The van der Waals surface area contributed by atoms with Crippen molar-refractivity contribution in [2.45, 2.75) is 42.1 Å². The van der Waals surface area contributed by atoms with Gasteiger partial charge in [0.1, 0.15) is 0 Å². The van der Waals surface area contributed by atoms with E-state index in [1.165, 1.54) is 0 Å². The first-order valence-electron chi connectivity index (χ1n) is 6.55. The molecule has 0 aliphatic heterocycles. The molecule has 0 spiro atoms. The molecule has 0 bridgehead atoms. The molecule has 0 saturated carbocycles. The van der Waals surface area contributed by atoms with Crippen molar-refractivity contribution in [1.82, 2.24) is 0 Å². The van der Waals surface area contributed by atoms with Crippen LogP contribution in [0.3, 0.4) is 0 Å². The van der Waals surface area contributed by atoms with Crippen LogP contribution in [-0.2, 0) is 13.3 Å². The highest BCUT2D eigenvalue weighted by molar-refractivity contribution is 6.60. The fourth-order valence-electron chi connectivity index (χ4n) is 1.76. The van der Waals surface area contributed by atoms with E-state index in [1.54, 1.807) is 0 Å². The molecule has 0 aromatic rings. The van der Waals surface area contributed by atoms with Gasteiger partial charge in [0.2, 0.25) is 0 Å². The van der Waals surface area contributed by atoms with Crippen LogP contribution in [0.2, 0.25) is 6.04 Å². The van der Waals surface area contributed by atoms with Crippen molar-refractivity contribution in [3.63, 3.8) is 0 Å². The fraction of sp³-hybridized carbons (Fsp3) is 1.00. The predicted molar refractivity (Wildman–Crippen MR) is 66.9 cm³/mol. The Morgan fingerprint density at radius 3 is 1.27 bits per heavy atom. The second-order valence-corrected chi connectivity index (χ2v) is 8.15. The average Bonchev–Trinajstić information content (AvgIpc) is 2.55. The van der Waals surface area contributed by atoms with E-state index in [0.717, 1.165) is 21.3 Å². The Kier molecular flexibility index (Phi) is 7.55. The summed E-state index contributed by atoms with van der Waals surface area (Å²) in [6, 6.07) is -1.24. The number of halogens is 11. The Morgan fingerprint density at radius 1 is 0.615 bits per heavy atom. The van der Waals surface area contributed by atoms with Gasteiger partial charge in [0.05, 0.1) is 0 Å². The monoisotopic (exact) mass is 432 g/mol. The van der Waals surface area contributed by atoms with Crippen molar-refractivity contribution in [1.29, 1.82) is 0 Å². The minimum absolute atomic E-state index is 0.861. The van der Waals surface area contributed by atoms with Crippen molar-refractivity contribution in [2.24, 2.45) is 0 Å². The molecule has 0 rings (SSSR count). The van der Waals surface area contributed by atoms with Crippen LogP contribution in [0.1, 0.15) is 6.42 Å². The molecule has 0 N–H and O–H groups in total. The molecule has 0 fully saturated rings. The van der Waals surface area contributed by atoms with E-state index in [1.807, 2.05) is 0 Å². The van der Waals surface area contributed by atoms with Crippen LogP contribution in [0.25, 0.3) is 0 Å². The molecule has 0 unspecified atom stereocenters. The van der Waals surface area contributed by atoms with Gasteiger partial charge in [-0.15, -0.1) is 0 Å². The quantitative estimate of drug-likeness (QED) is 0.358. The first kappa shape index (κ1) is 25.3. The Morgan fingerprint density at radius 2 is 0.962 bits per heavy atom. The molecular formula is C11H15F11O3Si. The molecule has 0 saturated heterocycles. The van der Waals surface area contributed by atoms with Gasteiger partial charge in [-0.1, -0.05) is 0 Å². The van der Waals surface area contributed by atoms with E-state index in [0.29, 0.717) is 0 Å². The zero-order chi connectivity index (χ0) is 21.2. The summed E-state index contributed by atoms with van der Waals surface area (Å²) in [5, 5.41) is 0. The van der Waals surface area contributed by atoms with Gasteiger partial charge >= 0.3 is 38.4 Å². The van der Waals surface area contributed by atoms with Gasteiger partial charge in [-0.2, -0.15) is 43.9 Å². The van der Waals surface area contributed by atoms with Crippen LogP contribution in [0.4, 0.5) is 48.3 Å². The Hall–Kier alpha value is -0.673. The fourth-order valence-corrected chi connectivity index (χ4v) is 3.50. The van der Waals surface area contributed by atoms with Crippen LogP contribution < -0.4 is 0 Å². The second-order valence-electron chi connectivity index (χ2n) is 5.06. The van der Waals surface area contributed by atoms with Gasteiger partial charge in [0, 0.05) is 33.8 Å². The molecule has 0 aromatic carbocycles. The average molecular weight is 432 g/mol. The molecule has 15 heteroatoms. The largest absolute Gasteiger partial charge is 0.500 e. The molecule has 0 atom stereocenters. The Bertz CT molecular complexity index is 460. The molecule has 0 radical (unpaired) electrons. The van der Waals surface area contributed by atoms with Gasteiger partial charge in [-0.3, -0.25) is 0 Å². The zero-order valence-electron chi connectivity index (χ0n) is 13.5. The van der Waals surface area contributed by atoms with Gasteiger partial charge in [-0.05, 0) is 0 Å². The van der Waals surface area contributed by atoms with E-state index in [2.05, 4.69) is 13.3 Å².